The minimum atomic E-state index is -0.657. The van der Waals surface area contributed by atoms with Crippen LogP contribution in [-0.4, -0.2) is 26.9 Å². The summed E-state index contributed by atoms with van der Waals surface area (Å²) < 4.78 is 43.0. The number of hydrogen-bond donors (Lipinski definition) is 0. The van der Waals surface area contributed by atoms with Crippen LogP contribution in [0, 0.1) is 41.1 Å². The summed E-state index contributed by atoms with van der Waals surface area (Å²) >= 11 is 0. The van der Waals surface area contributed by atoms with E-state index in [0.717, 1.165) is 36.2 Å². The third-order valence-electron chi connectivity index (χ3n) is 7.66. The fourth-order valence-corrected chi connectivity index (χ4v) is 5.93. The van der Waals surface area contributed by atoms with Gasteiger partial charge in [-0.15, -0.1) is 0 Å². The molecule has 0 N–H and O–H groups in total. The number of hydrazone groups is 1. The lowest BCUT2D eigenvalue weighted by atomic mass is 9.55. The average Bonchev–Trinajstić information content (AvgIpc) is 3.39. The summed E-state index contributed by atoms with van der Waals surface area (Å²) in [5, 5.41) is 10.9. The van der Waals surface area contributed by atoms with E-state index in [1.165, 1.54) is 29.3 Å². The van der Waals surface area contributed by atoms with Gasteiger partial charge in [-0.3, -0.25) is 9.48 Å². The minimum Gasteiger partial charge on any atom is -0.273 e. The molecule has 7 rings (SSSR count). The van der Waals surface area contributed by atoms with Gasteiger partial charge in [-0.2, -0.15) is 10.2 Å². The monoisotopic (exact) mass is 452 g/mol. The summed E-state index contributed by atoms with van der Waals surface area (Å²) in [6, 6.07) is 7.56. The number of nitrogens with zero attached hydrogens (tertiary/aromatic N) is 4. The van der Waals surface area contributed by atoms with E-state index in [1.54, 1.807) is 18.5 Å². The number of fused-ring (bicyclic) bond motifs is 3. The van der Waals surface area contributed by atoms with Gasteiger partial charge in [-0.05, 0) is 72.9 Å². The van der Waals surface area contributed by atoms with E-state index < -0.39 is 17.7 Å². The molecule has 3 atom stereocenters. The maximum Gasteiger partial charge on any atom is 0.246 e. The molecule has 3 saturated carbocycles. The molecule has 1 aromatic heterocycles. The highest BCUT2D eigenvalue weighted by Crippen LogP contribution is 2.53. The maximum atomic E-state index is 13.8. The van der Waals surface area contributed by atoms with Crippen LogP contribution in [0.1, 0.15) is 37.3 Å². The number of hydrogen-bond acceptors (Lipinski definition) is 3. The molecule has 2 bridgehead atoms. The van der Waals surface area contributed by atoms with Crippen molar-refractivity contribution < 1.29 is 18.0 Å². The minimum absolute atomic E-state index is 0.0704. The molecular formula is C25H23F3N4O. The molecule has 0 spiro atoms. The first-order chi connectivity index (χ1) is 16.0. The molecule has 0 radical (unpaired) electrons. The van der Waals surface area contributed by atoms with Gasteiger partial charge in [0.1, 0.15) is 17.5 Å². The summed E-state index contributed by atoms with van der Waals surface area (Å²) in [4.78, 5) is 13.5. The molecular weight excluding hydrogens is 429 g/mol. The van der Waals surface area contributed by atoms with Crippen molar-refractivity contribution in [1.82, 2.24) is 14.8 Å². The van der Waals surface area contributed by atoms with Crippen LogP contribution >= 0.6 is 0 Å². The first-order valence-electron chi connectivity index (χ1n) is 11.4. The zero-order chi connectivity index (χ0) is 22.7. The summed E-state index contributed by atoms with van der Waals surface area (Å²) in [6.07, 6.45) is 6.47. The Labute approximate surface area is 188 Å². The van der Waals surface area contributed by atoms with E-state index in [-0.39, 0.29) is 23.6 Å². The lowest BCUT2D eigenvalue weighted by Gasteiger charge is -2.51. The highest BCUT2D eigenvalue weighted by Gasteiger charge is 2.50. The average molecular weight is 452 g/mol. The van der Waals surface area contributed by atoms with E-state index >= 15 is 0 Å². The van der Waals surface area contributed by atoms with Crippen molar-refractivity contribution in [2.75, 3.05) is 0 Å². The van der Waals surface area contributed by atoms with Crippen molar-refractivity contribution in [2.45, 2.75) is 38.3 Å². The molecule has 3 fully saturated rings. The Morgan fingerprint density at radius 3 is 2.55 bits per heavy atom. The number of carbonyl (C=O) groups is 1. The largest absolute Gasteiger partial charge is 0.273 e. The van der Waals surface area contributed by atoms with Crippen molar-refractivity contribution in [1.29, 1.82) is 0 Å². The fourth-order valence-electron chi connectivity index (χ4n) is 5.93. The van der Waals surface area contributed by atoms with Gasteiger partial charge >= 0.3 is 0 Å². The Morgan fingerprint density at radius 2 is 1.76 bits per heavy atom. The second-order valence-electron chi connectivity index (χ2n) is 9.56. The van der Waals surface area contributed by atoms with E-state index in [4.69, 9.17) is 0 Å². The van der Waals surface area contributed by atoms with Crippen molar-refractivity contribution >= 4 is 23.0 Å². The fraction of sp³-hybridized carbons (Fsp3) is 0.400. The first-order valence-corrected chi connectivity index (χ1v) is 11.4. The van der Waals surface area contributed by atoms with Crippen LogP contribution in [-0.2, 0) is 11.3 Å². The maximum absolute atomic E-state index is 13.8. The van der Waals surface area contributed by atoms with Crippen LogP contribution in [0.3, 0.4) is 0 Å². The first kappa shape index (κ1) is 20.4. The second-order valence-corrected chi connectivity index (χ2v) is 9.56. The van der Waals surface area contributed by atoms with Gasteiger partial charge in [-0.1, -0.05) is 0 Å². The summed E-state index contributed by atoms with van der Waals surface area (Å²) in [7, 11) is 0. The highest BCUT2D eigenvalue weighted by molar-refractivity contribution is 5.82. The zero-order valence-corrected chi connectivity index (χ0v) is 17.9. The molecule has 0 saturated heterocycles. The lowest BCUT2D eigenvalue weighted by molar-refractivity contribution is -0.147. The lowest BCUT2D eigenvalue weighted by Crippen LogP contribution is -2.49. The SMILES string of the molecule is O=C([C@H]1C[C@@H](Cn2ncc3cc(F)ccc32)C2CC1C2)N1N=CCC1c1cc(F)cc(F)c1. The Kier molecular flexibility index (Phi) is 4.78. The van der Waals surface area contributed by atoms with E-state index in [1.807, 2.05) is 4.68 Å². The molecule has 2 aromatic carbocycles. The summed E-state index contributed by atoms with van der Waals surface area (Å²) in [5.41, 5.74) is 1.31. The predicted octanol–water partition coefficient (Wildman–Crippen LogP) is 5.08. The molecule has 3 aliphatic carbocycles. The summed E-state index contributed by atoms with van der Waals surface area (Å²) in [6.45, 7) is 0.679. The number of carbonyl (C=O) groups excluding carboxylic acids is 1. The molecule has 33 heavy (non-hydrogen) atoms. The standard InChI is InChI=1S/C25H23F3N4O/c26-19-1-2-23-17(9-19)12-30-31(23)13-18-10-22(15-5-14(18)6-15)25(33)32-24(3-4-29-32)16-7-20(27)11-21(28)8-16/h1-2,4,7-9,11-12,14-15,18,22,24H,3,5-6,10,13H2/t14?,15?,18-,22-,24?/m0/s1. The van der Waals surface area contributed by atoms with E-state index in [0.29, 0.717) is 30.4 Å². The van der Waals surface area contributed by atoms with Crippen molar-refractivity contribution in [3.8, 4) is 0 Å². The molecule has 5 nitrogen and oxygen atoms in total. The number of amides is 1. The van der Waals surface area contributed by atoms with Gasteiger partial charge in [0.25, 0.3) is 0 Å². The number of aromatic nitrogens is 2. The van der Waals surface area contributed by atoms with Crippen LogP contribution in [0.15, 0.2) is 47.7 Å². The van der Waals surface area contributed by atoms with Gasteiger partial charge in [0.05, 0.1) is 17.8 Å². The van der Waals surface area contributed by atoms with Crippen molar-refractivity contribution in [2.24, 2.45) is 28.8 Å². The molecule has 1 amide bonds. The van der Waals surface area contributed by atoms with Crippen LogP contribution in [0.4, 0.5) is 13.2 Å². The third kappa shape index (κ3) is 3.52. The topological polar surface area (TPSA) is 50.5 Å². The molecule has 170 valence electrons. The number of rotatable bonds is 4. The number of halogens is 3. The highest BCUT2D eigenvalue weighted by atomic mass is 19.1. The van der Waals surface area contributed by atoms with Gasteiger partial charge in [0.15, 0.2) is 0 Å². The quantitative estimate of drug-likeness (QED) is 0.555. The van der Waals surface area contributed by atoms with Gasteiger partial charge in [-0.25, -0.2) is 18.2 Å². The molecule has 1 unspecified atom stereocenters. The molecule has 1 aliphatic heterocycles. The number of benzene rings is 2. The Morgan fingerprint density at radius 1 is 0.970 bits per heavy atom. The van der Waals surface area contributed by atoms with Crippen LogP contribution in [0.5, 0.6) is 0 Å². The van der Waals surface area contributed by atoms with Crippen LogP contribution < -0.4 is 0 Å². The summed E-state index contributed by atoms with van der Waals surface area (Å²) in [5.74, 6) is -0.684. The molecule has 8 heteroatoms. The van der Waals surface area contributed by atoms with Crippen molar-refractivity contribution in [3.05, 3.63) is 65.6 Å². The van der Waals surface area contributed by atoms with Gasteiger partial charge < -0.3 is 0 Å². The van der Waals surface area contributed by atoms with E-state index in [9.17, 15) is 18.0 Å². The normalized spacial score (nSPS) is 28.3. The Bertz CT molecular complexity index is 1250. The van der Waals surface area contributed by atoms with Crippen molar-refractivity contribution in [3.63, 3.8) is 0 Å². The van der Waals surface area contributed by atoms with Crippen LogP contribution in [0.2, 0.25) is 0 Å². The Hall–Kier alpha value is -3.16. The van der Waals surface area contributed by atoms with Gasteiger partial charge in [0.2, 0.25) is 5.91 Å². The second kappa shape index (κ2) is 7.71. The van der Waals surface area contributed by atoms with E-state index in [2.05, 4.69) is 10.2 Å². The molecule has 4 aliphatic rings. The van der Waals surface area contributed by atoms with Gasteiger partial charge in [0, 0.05) is 36.6 Å². The molecule has 3 aromatic rings. The third-order valence-corrected chi connectivity index (χ3v) is 7.66. The zero-order valence-electron chi connectivity index (χ0n) is 17.9. The predicted molar refractivity (Wildman–Crippen MR) is 117 cm³/mol. The Balaban J connectivity index is 1.21. The molecule has 2 heterocycles. The smallest absolute Gasteiger partial charge is 0.246 e. The van der Waals surface area contributed by atoms with Crippen LogP contribution in [0.25, 0.3) is 10.9 Å².